The van der Waals surface area contributed by atoms with Crippen molar-refractivity contribution in [2.75, 3.05) is 0 Å². The van der Waals surface area contributed by atoms with Gasteiger partial charge in [-0.3, -0.25) is 4.79 Å². The Balaban J connectivity index is 1.95. The zero-order chi connectivity index (χ0) is 23.2. The number of aromatic nitrogens is 1. The predicted molar refractivity (Wildman–Crippen MR) is 112 cm³/mol. The highest BCUT2D eigenvalue weighted by Crippen LogP contribution is 2.19. The molecule has 5 N–H and O–H groups in total. The molecular weight excluding hydrogens is 406 g/mol. The maximum Gasteiger partial charge on any atom is 0.408 e. The molecule has 1 aromatic carbocycles. The van der Waals surface area contributed by atoms with E-state index in [2.05, 4.69) is 15.6 Å². The normalized spacial score (nSPS) is 13.3. The molecule has 1 aromatic heterocycles. The Morgan fingerprint density at radius 2 is 1.68 bits per heavy atom. The van der Waals surface area contributed by atoms with Crippen molar-refractivity contribution < 1.29 is 34.1 Å². The number of benzene rings is 1. The van der Waals surface area contributed by atoms with Crippen molar-refractivity contribution >= 4 is 34.8 Å². The number of aliphatic carboxylic acids is 2. The molecule has 0 fully saturated rings. The van der Waals surface area contributed by atoms with Crippen molar-refractivity contribution in [2.24, 2.45) is 0 Å². The van der Waals surface area contributed by atoms with E-state index in [0.717, 1.165) is 16.5 Å². The van der Waals surface area contributed by atoms with Crippen LogP contribution in [-0.4, -0.2) is 56.8 Å². The van der Waals surface area contributed by atoms with Crippen LogP contribution in [0.5, 0.6) is 0 Å². The average Bonchev–Trinajstić information content (AvgIpc) is 3.06. The zero-order valence-corrected chi connectivity index (χ0v) is 17.6. The van der Waals surface area contributed by atoms with Gasteiger partial charge in [0.25, 0.3) is 0 Å². The Morgan fingerprint density at radius 3 is 2.29 bits per heavy atom. The summed E-state index contributed by atoms with van der Waals surface area (Å²) in [6.45, 7) is 4.90. The van der Waals surface area contributed by atoms with Crippen molar-refractivity contribution in [3.63, 3.8) is 0 Å². The van der Waals surface area contributed by atoms with Gasteiger partial charge in [-0.25, -0.2) is 14.4 Å². The fraction of sp³-hybridized carbons (Fsp3) is 0.429. The van der Waals surface area contributed by atoms with Crippen LogP contribution in [0.25, 0.3) is 10.9 Å². The maximum atomic E-state index is 12.3. The number of ether oxygens (including phenoxy) is 1. The molecule has 2 rings (SSSR count). The van der Waals surface area contributed by atoms with Crippen LogP contribution in [0, 0.1) is 0 Å². The van der Waals surface area contributed by atoms with Crippen LogP contribution in [-0.2, 0) is 25.5 Å². The Labute approximate surface area is 179 Å². The lowest BCUT2D eigenvalue weighted by Crippen LogP contribution is -2.45. The van der Waals surface area contributed by atoms with E-state index in [9.17, 15) is 29.4 Å². The summed E-state index contributed by atoms with van der Waals surface area (Å²) in [7, 11) is 0. The number of aromatic amines is 1. The van der Waals surface area contributed by atoms with Gasteiger partial charge in [0.05, 0.1) is 0 Å². The number of fused-ring (bicyclic) bond motifs is 1. The summed E-state index contributed by atoms with van der Waals surface area (Å²) in [6, 6.07) is 4.85. The number of hydrogen-bond donors (Lipinski definition) is 5. The van der Waals surface area contributed by atoms with Gasteiger partial charge >= 0.3 is 18.0 Å². The summed E-state index contributed by atoms with van der Waals surface area (Å²) in [5, 5.41) is 24.2. The van der Waals surface area contributed by atoms with Gasteiger partial charge in [-0.15, -0.1) is 0 Å². The number of alkyl carbamates (subject to hydrolysis) is 1. The summed E-state index contributed by atoms with van der Waals surface area (Å²) >= 11 is 0. The number of carbonyl (C=O) groups is 4. The molecular formula is C21H27N3O7. The van der Waals surface area contributed by atoms with E-state index in [0.29, 0.717) is 0 Å². The van der Waals surface area contributed by atoms with Gasteiger partial charge < -0.3 is 30.6 Å². The molecule has 0 bridgehead atoms. The van der Waals surface area contributed by atoms with Crippen LogP contribution in [0.2, 0.25) is 0 Å². The number of nitrogens with one attached hydrogen (secondary N) is 3. The average molecular weight is 433 g/mol. The fourth-order valence-electron chi connectivity index (χ4n) is 2.97. The van der Waals surface area contributed by atoms with Crippen LogP contribution < -0.4 is 10.6 Å². The van der Waals surface area contributed by atoms with Crippen LogP contribution in [0.1, 0.15) is 39.2 Å². The van der Waals surface area contributed by atoms with E-state index < -0.39 is 41.6 Å². The Hall–Kier alpha value is -3.56. The molecule has 0 saturated heterocycles. The minimum atomic E-state index is -1.35. The van der Waals surface area contributed by atoms with Gasteiger partial charge in [-0.05, 0) is 38.8 Å². The number of H-pyrrole nitrogens is 1. The van der Waals surface area contributed by atoms with Gasteiger partial charge in [0.1, 0.15) is 17.7 Å². The lowest BCUT2D eigenvalue weighted by molar-refractivity contribution is -0.142. The lowest BCUT2D eigenvalue weighted by atomic mass is 10.0. The Bertz CT molecular complexity index is 961. The Kier molecular flexibility index (Phi) is 7.62. The number of carboxylic acid groups (broad SMARTS) is 2. The highest BCUT2D eigenvalue weighted by molar-refractivity contribution is 5.87. The van der Waals surface area contributed by atoms with E-state index in [-0.39, 0.29) is 19.3 Å². The molecule has 0 saturated carbocycles. The molecule has 168 valence electrons. The summed E-state index contributed by atoms with van der Waals surface area (Å²) in [4.78, 5) is 50.1. The Morgan fingerprint density at radius 1 is 1.03 bits per heavy atom. The van der Waals surface area contributed by atoms with Crippen LogP contribution in [0.15, 0.2) is 30.5 Å². The molecule has 2 atom stereocenters. The van der Waals surface area contributed by atoms with E-state index in [4.69, 9.17) is 4.74 Å². The summed E-state index contributed by atoms with van der Waals surface area (Å²) < 4.78 is 5.02. The predicted octanol–water partition coefficient (Wildman–Crippen LogP) is 2.04. The van der Waals surface area contributed by atoms with E-state index in [1.54, 1.807) is 27.0 Å². The first-order valence-corrected chi connectivity index (χ1v) is 9.75. The van der Waals surface area contributed by atoms with Crippen LogP contribution in [0.4, 0.5) is 4.79 Å². The molecule has 1 heterocycles. The fourth-order valence-corrected chi connectivity index (χ4v) is 2.97. The van der Waals surface area contributed by atoms with Crippen LogP contribution >= 0.6 is 0 Å². The summed E-state index contributed by atoms with van der Waals surface area (Å²) in [5.74, 6) is -3.17. The highest BCUT2D eigenvalue weighted by atomic mass is 16.6. The van der Waals surface area contributed by atoms with E-state index in [1.165, 1.54) is 0 Å². The van der Waals surface area contributed by atoms with Gasteiger partial charge in [-0.1, -0.05) is 18.2 Å². The minimum Gasteiger partial charge on any atom is -0.480 e. The third-order valence-electron chi connectivity index (χ3n) is 4.38. The van der Waals surface area contributed by atoms with Crippen molar-refractivity contribution in [3.05, 3.63) is 36.0 Å². The molecule has 10 nitrogen and oxygen atoms in total. The minimum absolute atomic E-state index is 0.0591. The maximum absolute atomic E-state index is 12.3. The lowest BCUT2D eigenvalue weighted by Gasteiger charge is -2.22. The molecule has 0 aliphatic heterocycles. The van der Waals surface area contributed by atoms with Gasteiger partial charge in [0.15, 0.2) is 0 Å². The number of para-hydroxylation sites is 1. The topological polar surface area (TPSA) is 158 Å². The first-order valence-electron chi connectivity index (χ1n) is 9.75. The van der Waals surface area contributed by atoms with Crippen LogP contribution in [0.3, 0.4) is 0 Å². The molecule has 2 aromatic rings. The monoisotopic (exact) mass is 433 g/mol. The van der Waals surface area contributed by atoms with Crippen molar-refractivity contribution in [1.82, 2.24) is 15.6 Å². The number of carbonyl (C=O) groups excluding carboxylic acids is 2. The molecule has 2 amide bonds. The molecule has 31 heavy (non-hydrogen) atoms. The van der Waals surface area contributed by atoms with Crippen molar-refractivity contribution in [2.45, 2.75) is 57.7 Å². The quantitative estimate of drug-likeness (QED) is 0.405. The second-order valence-corrected chi connectivity index (χ2v) is 8.10. The van der Waals surface area contributed by atoms with Crippen molar-refractivity contribution in [3.8, 4) is 0 Å². The zero-order valence-electron chi connectivity index (χ0n) is 17.6. The summed E-state index contributed by atoms with van der Waals surface area (Å²) in [5.41, 5.74) is 0.783. The standard InChI is InChI=1S/C21H27N3O7/c1-21(2,3)31-20(30)24-15(18(26)27)8-9-17(25)23-16(19(28)29)10-12-11-22-14-7-5-4-6-13(12)14/h4-7,11,15-16,22H,8-10H2,1-3H3,(H,23,25)(H,24,30)(H,26,27)(H,28,29). The number of hydrogen-bond acceptors (Lipinski definition) is 5. The molecule has 0 aliphatic carbocycles. The first kappa shape index (κ1) is 23.7. The smallest absolute Gasteiger partial charge is 0.408 e. The second kappa shape index (κ2) is 9.96. The molecule has 0 spiro atoms. The second-order valence-electron chi connectivity index (χ2n) is 8.10. The number of carboxylic acids is 2. The third-order valence-corrected chi connectivity index (χ3v) is 4.38. The highest BCUT2D eigenvalue weighted by Gasteiger charge is 2.26. The van der Waals surface area contributed by atoms with Gasteiger partial charge in [-0.2, -0.15) is 0 Å². The third kappa shape index (κ3) is 7.32. The van der Waals surface area contributed by atoms with Crippen molar-refractivity contribution in [1.29, 1.82) is 0 Å². The first-order chi connectivity index (χ1) is 14.5. The van der Waals surface area contributed by atoms with E-state index >= 15 is 0 Å². The number of amides is 2. The van der Waals surface area contributed by atoms with Gasteiger partial charge in [0.2, 0.25) is 5.91 Å². The van der Waals surface area contributed by atoms with Gasteiger partial charge in [0, 0.05) is 29.9 Å². The largest absolute Gasteiger partial charge is 0.480 e. The summed E-state index contributed by atoms with van der Waals surface area (Å²) in [6.07, 6.45) is 0.328. The molecule has 2 unspecified atom stereocenters. The molecule has 0 radical (unpaired) electrons. The number of rotatable bonds is 9. The van der Waals surface area contributed by atoms with E-state index in [1.807, 2.05) is 24.3 Å². The SMILES string of the molecule is CC(C)(C)OC(=O)NC(CCC(=O)NC(Cc1c[nH]c2ccccc12)C(=O)O)C(=O)O. The molecule has 0 aliphatic rings. The molecule has 10 heteroatoms.